The number of rotatable bonds is 3. The standard InChI is InChI=1S/C17H18BrNO2S2/c1-12-3-8-16(13(2)11-12)23(20,21)19-9-10-22-17(19)14-4-6-15(18)7-5-14/h3-8,11,17H,9-10H2,1-2H3. The van der Waals surface area contributed by atoms with E-state index in [9.17, 15) is 8.42 Å². The van der Waals surface area contributed by atoms with Crippen molar-refractivity contribution in [3.63, 3.8) is 0 Å². The third kappa shape index (κ3) is 3.36. The lowest BCUT2D eigenvalue weighted by atomic mass is 10.2. The highest BCUT2D eigenvalue weighted by Crippen LogP contribution is 2.42. The molecule has 3 nitrogen and oxygen atoms in total. The minimum Gasteiger partial charge on any atom is -0.207 e. The SMILES string of the molecule is Cc1ccc(S(=O)(=O)N2CCSC2c2ccc(Br)cc2)c(C)c1. The number of nitrogens with zero attached hydrogens (tertiary/aromatic N) is 1. The van der Waals surface area contributed by atoms with Gasteiger partial charge in [0.05, 0.1) is 10.3 Å². The maximum absolute atomic E-state index is 13.1. The van der Waals surface area contributed by atoms with Crippen molar-refractivity contribution in [1.82, 2.24) is 4.31 Å². The molecular formula is C17H18BrNO2S2. The van der Waals surface area contributed by atoms with E-state index in [0.29, 0.717) is 11.4 Å². The van der Waals surface area contributed by atoms with Gasteiger partial charge in [-0.2, -0.15) is 4.31 Å². The van der Waals surface area contributed by atoms with Gasteiger partial charge in [0.1, 0.15) is 0 Å². The van der Waals surface area contributed by atoms with Crippen molar-refractivity contribution in [3.8, 4) is 0 Å². The molecule has 2 aromatic carbocycles. The van der Waals surface area contributed by atoms with Gasteiger partial charge in [-0.05, 0) is 43.2 Å². The molecule has 1 fully saturated rings. The number of aryl methyl sites for hydroxylation is 2. The smallest absolute Gasteiger partial charge is 0.207 e. The van der Waals surface area contributed by atoms with Crippen LogP contribution in [0.15, 0.2) is 51.8 Å². The molecule has 1 aliphatic rings. The molecule has 23 heavy (non-hydrogen) atoms. The van der Waals surface area contributed by atoms with Crippen LogP contribution in [0.25, 0.3) is 0 Å². The van der Waals surface area contributed by atoms with E-state index in [1.165, 1.54) is 0 Å². The lowest BCUT2D eigenvalue weighted by Gasteiger charge is -2.24. The van der Waals surface area contributed by atoms with Crippen LogP contribution in [0.4, 0.5) is 0 Å². The molecular weight excluding hydrogens is 394 g/mol. The normalized spacial score (nSPS) is 19.2. The molecule has 0 N–H and O–H groups in total. The van der Waals surface area contributed by atoms with Crippen molar-refractivity contribution in [2.75, 3.05) is 12.3 Å². The van der Waals surface area contributed by atoms with Crippen LogP contribution < -0.4 is 0 Å². The van der Waals surface area contributed by atoms with Crippen LogP contribution in [0.1, 0.15) is 22.1 Å². The number of sulfonamides is 1. The quantitative estimate of drug-likeness (QED) is 0.745. The van der Waals surface area contributed by atoms with Gasteiger partial charge in [0.2, 0.25) is 10.0 Å². The zero-order valence-corrected chi connectivity index (χ0v) is 16.2. The van der Waals surface area contributed by atoms with Gasteiger partial charge in [-0.1, -0.05) is 45.8 Å². The lowest BCUT2D eigenvalue weighted by molar-refractivity contribution is 0.434. The molecule has 0 amide bonds. The van der Waals surface area contributed by atoms with Crippen molar-refractivity contribution < 1.29 is 8.42 Å². The van der Waals surface area contributed by atoms with Gasteiger partial charge in [-0.3, -0.25) is 0 Å². The predicted octanol–water partition coefficient (Wildman–Crippen LogP) is 4.50. The molecule has 3 rings (SSSR count). The summed E-state index contributed by atoms with van der Waals surface area (Å²) in [6, 6.07) is 13.4. The molecule has 0 spiro atoms. The number of halogens is 1. The van der Waals surface area contributed by atoms with E-state index < -0.39 is 10.0 Å². The molecule has 0 radical (unpaired) electrons. The van der Waals surface area contributed by atoms with Gasteiger partial charge in [-0.25, -0.2) is 8.42 Å². The van der Waals surface area contributed by atoms with Gasteiger partial charge in [0.25, 0.3) is 0 Å². The van der Waals surface area contributed by atoms with Gasteiger partial charge >= 0.3 is 0 Å². The molecule has 0 saturated carbocycles. The Bertz CT molecular complexity index is 819. The Balaban J connectivity index is 1.99. The number of hydrogen-bond donors (Lipinski definition) is 0. The number of benzene rings is 2. The fourth-order valence-electron chi connectivity index (χ4n) is 2.81. The number of thioether (sulfide) groups is 1. The average Bonchev–Trinajstić information content (AvgIpc) is 2.98. The van der Waals surface area contributed by atoms with Crippen molar-refractivity contribution in [1.29, 1.82) is 0 Å². The second-order valence-corrected chi connectivity index (χ2v) is 9.62. The summed E-state index contributed by atoms with van der Waals surface area (Å²) in [5.74, 6) is 0.810. The van der Waals surface area contributed by atoms with Gasteiger partial charge < -0.3 is 0 Å². The third-order valence-corrected chi connectivity index (χ3v) is 7.87. The van der Waals surface area contributed by atoms with E-state index in [2.05, 4.69) is 15.9 Å². The lowest BCUT2D eigenvalue weighted by Crippen LogP contribution is -2.31. The fraction of sp³-hybridized carbons (Fsp3) is 0.294. The Kier molecular flexibility index (Phi) is 4.88. The van der Waals surface area contributed by atoms with Crippen molar-refractivity contribution in [2.24, 2.45) is 0 Å². The molecule has 0 aromatic heterocycles. The second kappa shape index (κ2) is 6.59. The van der Waals surface area contributed by atoms with E-state index >= 15 is 0 Å². The number of hydrogen-bond acceptors (Lipinski definition) is 3. The molecule has 0 aliphatic carbocycles. The first-order valence-electron chi connectivity index (χ1n) is 7.36. The summed E-state index contributed by atoms with van der Waals surface area (Å²) in [5.41, 5.74) is 2.89. The maximum Gasteiger partial charge on any atom is 0.244 e. The van der Waals surface area contributed by atoms with Crippen LogP contribution in [-0.4, -0.2) is 25.0 Å². The molecule has 1 saturated heterocycles. The molecule has 122 valence electrons. The molecule has 1 unspecified atom stereocenters. The monoisotopic (exact) mass is 411 g/mol. The predicted molar refractivity (Wildman–Crippen MR) is 99.1 cm³/mol. The van der Waals surface area contributed by atoms with Crippen LogP contribution in [-0.2, 0) is 10.0 Å². The Morgan fingerprint density at radius 1 is 1.13 bits per heavy atom. The highest BCUT2D eigenvalue weighted by molar-refractivity contribution is 9.10. The van der Waals surface area contributed by atoms with Crippen molar-refractivity contribution in [2.45, 2.75) is 24.1 Å². The molecule has 1 heterocycles. The third-order valence-electron chi connectivity index (χ3n) is 3.92. The average molecular weight is 412 g/mol. The van der Waals surface area contributed by atoms with E-state index in [4.69, 9.17) is 0 Å². The summed E-state index contributed by atoms with van der Waals surface area (Å²) in [6.45, 7) is 4.37. The zero-order valence-electron chi connectivity index (χ0n) is 13.0. The highest BCUT2D eigenvalue weighted by Gasteiger charge is 2.37. The van der Waals surface area contributed by atoms with Gasteiger partial charge in [0.15, 0.2) is 0 Å². The van der Waals surface area contributed by atoms with Crippen LogP contribution in [0.3, 0.4) is 0 Å². The minimum absolute atomic E-state index is 0.159. The molecule has 6 heteroatoms. The fourth-order valence-corrected chi connectivity index (χ4v) is 6.52. The summed E-state index contributed by atoms with van der Waals surface area (Å²) in [6.07, 6.45) is 0. The van der Waals surface area contributed by atoms with Crippen LogP contribution in [0.2, 0.25) is 0 Å². The molecule has 1 aliphatic heterocycles. The van der Waals surface area contributed by atoms with E-state index in [0.717, 1.165) is 26.9 Å². The molecule has 2 aromatic rings. The summed E-state index contributed by atoms with van der Waals surface area (Å²) < 4.78 is 28.9. The Hall–Kier alpha value is -0.820. The minimum atomic E-state index is -3.49. The van der Waals surface area contributed by atoms with Crippen LogP contribution in [0.5, 0.6) is 0 Å². The Morgan fingerprint density at radius 2 is 1.83 bits per heavy atom. The van der Waals surface area contributed by atoms with Crippen LogP contribution in [0, 0.1) is 13.8 Å². The highest BCUT2D eigenvalue weighted by atomic mass is 79.9. The largest absolute Gasteiger partial charge is 0.244 e. The molecule has 0 bridgehead atoms. The second-order valence-electron chi connectivity index (χ2n) is 5.66. The summed E-state index contributed by atoms with van der Waals surface area (Å²) in [4.78, 5) is 0.410. The van der Waals surface area contributed by atoms with E-state index in [1.807, 2.05) is 50.2 Å². The van der Waals surface area contributed by atoms with Crippen molar-refractivity contribution >= 4 is 37.7 Å². The van der Waals surface area contributed by atoms with E-state index in [1.54, 1.807) is 22.1 Å². The maximum atomic E-state index is 13.1. The zero-order chi connectivity index (χ0) is 16.6. The summed E-state index contributed by atoms with van der Waals surface area (Å²) >= 11 is 5.09. The van der Waals surface area contributed by atoms with E-state index in [-0.39, 0.29) is 5.37 Å². The first kappa shape index (κ1) is 17.0. The summed E-state index contributed by atoms with van der Waals surface area (Å²) in [5, 5.41) is -0.159. The Morgan fingerprint density at radius 3 is 2.48 bits per heavy atom. The van der Waals surface area contributed by atoms with Gasteiger partial charge in [-0.15, -0.1) is 11.8 Å². The van der Waals surface area contributed by atoms with Gasteiger partial charge in [0, 0.05) is 16.8 Å². The first-order valence-corrected chi connectivity index (χ1v) is 10.6. The Labute approximate surface area is 150 Å². The molecule has 1 atom stereocenters. The summed E-state index contributed by atoms with van der Waals surface area (Å²) in [7, 11) is -3.49. The first-order chi connectivity index (χ1) is 10.9. The van der Waals surface area contributed by atoms with Crippen molar-refractivity contribution in [3.05, 3.63) is 63.6 Å². The van der Waals surface area contributed by atoms with Crippen LogP contribution >= 0.6 is 27.7 Å². The topological polar surface area (TPSA) is 37.4 Å².